The maximum atomic E-state index is 14.4. The molecule has 0 spiro atoms. The zero-order valence-electron chi connectivity index (χ0n) is 32.5. The highest BCUT2D eigenvalue weighted by atomic mass is 32.2. The van der Waals surface area contributed by atoms with Crippen molar-refractivity contribution in [2.45, 2.75) is 98.8 Å². The number of fused-ring (bicyclic) bond motifs is 1. The molecule has 2 aliphatic rings. The lowest BCUT2D eigenvalue weighted by Crippen LogP contribution is -2.62. The summed E-state index contributed by atoms with van der Waals surface area (Å²) in [5.74, 6) is -4.39. The first-order valence-corrected chi connectivity index (χ1v) is 19.5. The average molecular weight is 777 g/mol. The Balaban J connectivity index is 1.84. The molecule has 1 saturated heterocycles. The Labute approximate surface area is 310 Å². The normalized spacial score (nSPS) is 21.5. The molecule has 3 N–H and O–H groups in total. The van der Waals surface area contributed by atoms with E-state index in [1.807, 2.05) is 34.6 Å². The molecule has 2 fully saturated rings. The lowest BCUT2D eigenvalue weighted by Gasteiger charge is -2.39. The molecular weight excluding hydrogens is 720 g/mol. The summed E-state index contributed by atoms with van der Waals surface area (Å²) in [6.07, 6.45) is -3.21. The predicted molar refractivity (Wildman–Crippen MR) is 192 cm³/mol. The Morgan fingerprint density at radius 1 is 0.962 bits per heavy atom. The number of rotatable bonds is 14. The van der Waals surface area contributed by atoms with Gasteiger partial charge in [0, 0.05) is 51.8 Å². The smallest absolute Gasteiger partial charge is 0.315 e. The quantitative estimate of drug-likeness (QED) is 0.246. The Hall–Kier alpha value is -3.47. The molecule has 17 heteroatoms. The monoisotopic (exact) mass is 776 g/mol. The van der Waals surface area contributed by atoms with Crippen LogP contribution in [0, 0.1) is 39.7 Å². The van der Waals surface area contributed by atoms with Gasteiger partial charge in [0.15, 0.2) is 0 Å². The van der Waals surface area contributed by atoms with E-state index in [-0.39, 0.29) is 48.9 Å². The van der Waals surface area contributed by atoms with Gasteiger partial charge < -0.3 is 25.8 Å². The van der Waals surface area contributed by atoms with E-state index in [9.17, 15) is 45.2 Å². The number of piperidine rings is 1. The molecule has 1 aliphatic carbocycles. The highest BCUT2D eigenvalue weighted by Crippen LogP contribution is 2.65. The molecule has 300 valence electrons. The van der Waals surface area contributed by atoms with Gasteiger partial charge in [0.25, 0.3) is 0 Å². The fraction of sp³-hybridized carbons (Fsp3) is 0.722. The topological polar surface area (TPSA) is 148 Å². The number of carbonyl (C=O) groups excluding carboxylic acids is 4. The number of halogens is 4. The molecule has 1 aliphatic heterocycles. The predicted octanol–water partition coefficient (Wildman–Crippen LogP) is 3.61. The minimum Gasteiger partial charge on any atom is -0.344 e. The summed E-state index contributed by atoms with van der Waals surface area (Å²) in [7, 11) is -0.886. The standard InChI is InChI=1S/C36H56F4N6O6S/c1-34(2,3)25(19-45(10)53(11,51)52)42-33(50)43-29(35(4,5)6)32(49)46-18-21-27(36(21,7)8)28(46)30(47)41-24(17-26(39)40)31(48)44(9)16-15-20-22(37)13-12-14-23(20)38/h12-14,21,24-29H,15-19H2,1-11H3,(H,41,47)(H2,42,43,50)/t21-,24-,25+,27-,28-,29+/m0/s1. The minimum absolute atomic E-state index is 0.0373. The van der Waals surface area contributed by atoms with E-state index < -0.39 is 93.3 Å². The second kappa shape index (κ2) is 16.1. The molecule has 1 aromatic carbocycles. The molecule has 0 aromatic heterocycles. The van der Waals surface area contributed by atoms with Gasteiger partial charge in [0.2, 0.25) is 34.2 Å². The first-order valence-electron chi connectivity index (χ1n) is 17.6. The highest BCUT2D eigenvalue weighted by molar-refractivity contribution is 7.88. The number of benzene rings is 1. The van der Waals surface area contributed by atoms with Crippen molar-refractivity contribution in [3.8, 4) is 0 Å². The van der Waals surface area contributed by atoms with Crippen molar-refractivity contribution in [2.24, 2.45) is 28.1 Å². The minimum atomic E-state index is -3.56. The third kappa shape index (κ3) is 10.6. The van der Waals surface area contributed by atoms with E-state index in [2.05, 4.69) is 16.0 Å². The number of nitrogens with one attached hydrogen (secondary N) is 3. The van der Waals surface area contributed by atoms with Crippen LogP contribution in [0.3, 0.4) is 0 Å². The van der Waals surface area contributed by atoms with Crippen LogP contribution in [0.2, 0.25) is 0 Å². The lowest BCUT2D eigenvalue weighted by molar-refractivity contribution is -0.145. The number of nitrogens with zero attached hydrogens (tertiary/aromatic N) is 3. The van der Waals surface area contributed by atoms with Crippen molar-refractivity contribution in [1.29, 1.82) is 0 Å². The van der Waals surface area contributed by atoms with Crippen molar-refractivity contribution in [1.82, 2.24) is 30.1 Å². The lowest BCUT2D eigenvalue weighted by atomic mass is 9.85. The van der Waals surface area contributed by atoms with E-state index in [1.54, 1.807) is 20.8 Å². The van der Waals surface area contributed by atoms with Gasteiger partial charge in [0.1, 0.15) is 29.8 Å². The largest absolute Gasteiger partial charge is 0.344 e. The van der Waals surface area contributed by atoms with Crippen LogP contribution < -0.4 is 16.0 Å². The first kappa shape index (κ1) is 43.9. The summed E-state index contributed by atoms with van der Waals surface area (Å²) in [5, 5.41) is 8.00. The Morgan fingerprint density at radius 3 is 2.02 bits per heavy atom. The number of likely N-dealkylation sites (tertiary alicyclic amines) is 1. The van der Waals surface area contributed by atoms with E-state index in [0.717, 1.165) is 27.6 Å². The molecule has 5 amide bonds. The van der Waals surface area contributed by atoms with Crippen molar-refractivity contribution < 1.29 is 45.2 Å². The van der Waals surface area contributed by atoms with Crippen molar-refractivity contribution in [3.05, 3.63) is 35.4 Å². The molecule has 6 atom stereocenters. The number of amides is 5. The fourth-order valence-corrected chi connectivity index (χ4v) is 7.39. The molecule has 1 heterocycles. The number of likely N-dealkylation sites (N-methyl/N-ethyl adjacent to an activating group) is 2. The molecule has 1 aromatic rings. The second-order valence-corrected chi connectivity index (χ2v) is 19.3. The number of carbonyl (C=O) groups is 4. The van der Waals surface area contributed by atoms with Gasteiger partial charge in [-0.05, 0) is 46.6 Å². The average Bonchev–Trinajstić information content (AvgIpc) is 3.31. The number of alkyl halides is 2. The first-order chi connectivity index (χ1) is 24.1. The molecule has 12 nitrogen and oxygen atoms in total. The number of sulfonamides is 1. The maximum Gasteiger partial charge on any atom is 0.315 e. The number of urea groups is 1. The Morgan fingerprint density at radius 2 is 1.53 bits per heavy atom. The second-order valence-electron chi connectivity index (χ2n) is 17.2. The third-order valence-electron chi connectivity index (χ3n) is 10.7. The summed E-state index contributed by atoms with van der Waals surface area (Å²) >= 11 is 0. The van der Waals surface area contributed by atoms with E-state index >= 15 is 0 Å². The summed E-state index contributed by atoms with van der Waals surface area (Å²) in [6, 6.07) is -2.08. The van der Waals surface area contributed by atoms with Gasteiger partial charge in [-0.25, -0.2) is 35.1 Å². The molecule has 0 unspecified atom stereocenters. The van der Waals surface area contributed by atoms with Crippen LogP contribution in [0.15, 0.2) is 18.2 Å². The van der Waals surface area contributed by atoms with Crippen LogP contribution in [-0.4, -0.2) is 117 Å². The van der Waals surface area contributed by atoms with Crippen LogP contribution in [0.1, 0.15) is 67.4 Å². The number of hydrogen-bond donors (Lipinski definition) is 3. The van der Waals surface area contributed by atoms with Gasteiger partial charge in [-0.3, -0.25) is 14.4 Å². The Kier molecular flexibility index (Phi) is 13.3. The number of hydrogen-bond acceptors (Lipinski definition) is 6. The molecule has 0 radical (unpaired) electrons. The third-order valence-corrected chi connectivity index (χ3v) is 12.0. The molecule has 0 bridgehead atoms. The SMILES string of the molecule is CN(CCc1c(F)cccc1F)C(=O)[C@H](CC(F)F)NC(=O)[C@@H]1[C@@H]2[C@H](CN1C(=O)[C@@H](NC(=O)N[C@H](CN(C)S(C)(=O)=O)C(C)(C)C)C(C)(C)C)C2(C)C. The van der Waals surface area contributed by atoms with Gasteiger partial charge in [-0.2, -0.15) is 0 Å². The van der Waals surface area contributed by atoms with Gasteiger partial charge in [-0.15, -0.1) is 0 Å². The molecule has 3 rings (SSSR count). The summed E-state index contributed by atoms with van der Waals surface area (Å²) in [6.45, 7) is 14.4. The van der Waals surface area contributed by atoms with Gasteiger partial charge in [-0.1, -0.05) is 61.5 Å². The summed E-state index contributed by atoms with van der Waals surface area (Å²) in [5.41, 5.74) is -2.12. The van der Waals surface area contributed by atoms with Crippen LogP contribution in [0.25, 0.3) is 0 Å². The van der Waals surface area contributed by atoms with E-state index in [0.29, 0.717) is 0 Å². The van der Waals surface area contributed by atoms with E-state index in [4.69, 9.17) is 0 Å². The zero-order valence-corrected chi connectivity index (χ0v) is 33.3. The molecule has 53 heavy (non-hydrogen) atoms. The summed E-state index contributed by atoms with van der Waals surface area (Å²) in [4.78, 5) is 57.6. The molecular formula is C36H56F4N6O6S. The van der Waals surface area contributed by atoms with Crippen molar-refractivity contribution in [3.63, 3.8) is 0 Å². The van der Waals surface area contributed by atoms with Crippen molar-refractivity contribution >= 4 is 33.8 Å². The molecule has 1 saturated carbocycles. The van der Waals surface area contributed by atoms with Gasteiger partial charge in [0.05, 0.1) is 6.26 Å². The highest BCUT2D eigenvalue weighted by Gasteiger charge is 2.70. The van der Waals surface area contributed by atoms with Crippen LogP contribution >= 0.6 is 0 Å². The Bertz CT molecular complexity index is 1630. The van der Waals surface area contributed by atoms with Crippen LogP contribution in [0.4, 0.5) is 22.4 Å². The maximum absolute atomic E-state index is 14.4. The van der Waals surface area contributed by atoms with Gasteiger partial charge >= 0.3 is 6.03 Å². The zero-order chi connectivity index (χ0) is 40.6. The fourth-order valence-electron chi connectivity index (χ4n) is 6.97. The van der Waals surface area contributed by atoms with E-state index in [1.165, 1.54) is 25.1 Å². The van der Waals surface area contributed by atoms with Crippen LogP contribution in [-0.2, 0) is 30.8 Å². The van der Waals surface area contributed by atoms with Crippen LogP contribution in [0.5, 0.6) is 0 Å². The summed E-state index contributed by atoms with van der Waals surface area (Å²) < 4.78 is 81.3. The van der Waals surface area contributed by atoms with Crippen molar-refractivity contribution in [2.75, 3.05) is 40.0 Å².